The molecular formula is C9H17N3O3S. The maximum atomic E-state index is 9.62. The maximum absolute atomic E-state index is 9.62. The number of methoxy groups -OCH3 is 1. The second kappa shape index (κ2) is 7.61. The number of hydrogen-bond acceptors (Lipinski definition) is 6. The number of aliphatic hydroxyl groups excluding tert-OH is 1. The van der Waals surface area contributed by atoms with Crippen LogP contribution in [0.1, 0.15) is 6.92 Å². The average Bonchev–Trinajstić information content (AvgIpc) is 2.77. The molecule has 0 spiro atoms. The van der Waals surface area contributed by atoms with E-state index in [1.807, 2.05) is 6.92 Å². The number of nitrogens with zero attached hydrogens (tertiary/aromatic N) is 2. The summed E-state index contributed by atoms with van der Waals surface area (Å²) in [5.41, 5.74) is 0. The van der Waals surface area contributed by atoms with Gasteiger partial charge in [-0.3, -0.25) is 5.10 Å². The van der Waals surface area contributed by atoms with E-state index < -0.39 is 6.10 Å². The first kappa shape index (κ1) is 13.4. The first-order valence-electron chi connectivity index (χ1n) is 4.99. The normalized spacial score (nSPS) is 14.9. The van der Waals surface area contributed by atoms with Gasteiger partial charge in [-0.05, 0) is 6.92 Å². The van der Waals surface area contributed by atoms with Crippen LogP contribution in [-0.2, 0) is 9.47 Å². The predicted octanol–water partition coefficient (Wildman–Crippen LogP) is 0.309. The lowest BCUT2D eigenvalue weighted by atomic mass is 10.4. The molecule has 2 atom stereocenters. The summed E-state index contributed by atoms with van der Waals surface area (Å²) in [5.74, 6) is 0.523. The van der Waals surface area contributed by atoms with Crippen molar-refractivity contribution in [2.45, 2.75) is 24.3 Å². The predicted molar refractivity (Wildman–Crippen MR) is 60.4 cm³/mol. The molecule has 1 rings (SSSR count). The number of rotatable bonds is 8. The Morgan fingerprint density at radius 1 is 1.56 bits per heavy atom. The van der Waals surface area contributed by atoms with Crippen LogP contribution in [0.4, 0.5) is 0 Å². The van der Waals surface area contributed by atoms with Gasteiger partial charge in [0.05, 0.1) is 25.4 Å². The largest absolute Gasteiger partial charge is 0.390 e. The number of aromatic nitrogens is 3. The van der Waals surface area contributed by atoms with E-state index >= 15 is 0 Å². The second-order valence-corrected chi connectivity index (χ2v) is 4.36. The molecule has 0 radical (unpaired) electrons. The number of ether oxygens (including phenoxy) is 2. The summed E-state index contributed by atoms with van der Waals surface area (Å²) < 4.78 is 10.3. The Bertz CT molecular complexity index is 271. The Labute approximate surface area is 98.7 Å². The van der Waals surface area contributed by atoms with Crippen LogP contribution >= 0.6 is 11.8 Å². The lowest BCUT2D eigenvalue weighted by Gasteiger charge is -2.15. The van der Waals surface area contributed by atoms with Crippen molar-refractivity contribution >= 4 is 11.8 Å². The topological polar surface area (TPSA) is 80.3 Å². The highest BCUT2D eigenvalue weighted by molar-refractivity contribution is 7.99. The molecule has 0 aliphatic rings. The molecule has 1 aromatic heterocycles. The van der Waals surface area contributed by atoms with Gasteiger partial charge in [-0.2, -0.15) is 5.10 Å². The Hall–Kier alpha value is -0.630. The van der Waals surface area contributed by atoms with E-state index in [1.54, 1.807) is 7.11 Å². The molecule has 92 valence electrons. The number of aromatic amines is 1. The quantitative estimate of drug-likeness (QED) is 0.644. The molecule has 2 unspecified atom stereocenters. The minimum absolute atomic E-state index is 0.00469. The van der Waals surface area contributed by atoms with E-state index in [4.69, 9.17) is 9.47 Å². The van der Waals surface area contributed by atoms with E-state index in [2.05, 4.69) is 15.2 Å². The summed E-state index contributed by atoms with van der Waals surface area (Å²) in [6, 6.07) is 0. The average molecular weight is 247 g/mol. The molecule has 0 amide bonds. The van der Waals surface area contributed by atoms with Gasteiger partial charge in [0.25, 0.3) is 0 Å². The second-order valence-electron chi connectivity index (χ2n) is 3.35. The van der Waals surface area contributed by atoms with Crippen LogP contribution in [-0.4, -0.2) is 58.6 Å². The Morgan fingerprint density at radius 2 is 2.38 bits per heavy atom. The lowest BCUT2D eigenvalue weighted by molar-refractivity contribution is -0.0257. The number of thioether (sulfide) groups is 1. The third-order valence-corrected chi connectivity index (χ3v) is 2.80. The molecule has 0 fully saturated rings. The highest BCUT2D eigenvalue weighted by atomic mass is 32.2. The number of aliphatic hydroxyl groups is 1. The molecule has 6 nitrogen and oxygen atoms in total. The maximum Gasteiger partial charge on any atom is 0.183 e. The summed E-state index contributed by atoms with van der Waals surface area (Å²) in [6.45, 7) is 2.73. The van der Waals surface area contributed by atoms with Crippen molar-refractivity contribution in [3.8, 4) is 0 Å². The number of hydrogen-bond donors (Lipinski definition) is 2. The molecule has 0 aliphatic heterocycles. The van der Waals surface area contributed by atoms with Crippen molar-refractivity contribution in [2.24, 2.45) is 0 Å². The van der Waals surface area contributed by atoms with Crippen molar-refractivity contribution in [2.75, 3.05) is 26.1 Å². The van der Waals surface area contributed by atoms with Crippen molar-refractivity contribution in [3.63, 3.8) is 0 Å². The van der Waals surface area contributed by atoms with Gasteiger partial charge in [0.2, 0.25) is 0 Å². The van der Waals surface area contributed by atoms with Crippen LogP contribution in [0.3, 0.4) is 0 Å². The van der Waals surface area contributed by atoms with E-state index in [1.165, 1.54) is 18.1 Å². The van der Waals surface area contributed by atoms with E-state index in [0.717, 1.165) is 0 Å². The summed E-state index contributed by atoms with van der Waals surface area (Å²) in [6.07, 6.45) is 0.913. The van der Waals surface area contributed by atoms with Gasteiger partial charge in [-0.15, -0.1) is 0 Å². The zero-order valence-corrected chi connectivity index (χ0v) is 10.2. The van der Waals surface area contributed by atoms with E-state index in [9.17, 15) is 5.11 Å². The Kier molecular flexibility index (Phi) is 6.39. The van der Waals surface area contributed by atoms with Gasteiger partial charge in [-0.25, -0.2) is 4.98 Å². The van der Waals surface area contributed by atoms with Crippen molar-refractivity contribution in [1.82, 2.24) is 15.2 Å². The van der Waals surface area contributed by atoms with Crippen molar-refractivity contribution < 1.29 is 14.6 Å². The minimum atomic E-state index is -0.519. The summed E-state index contributed by atoms with van der Waals surface area (Å²) in [4.78, 5) is 3.94. The molecule has 0 saturated heterocycles. The first-order chi connectivity index (χ1) is 7.72. The third-order valence-electron chi connectivity index (χ3n) is 1.78. The van der Waals surface area contributed by atoms with Gasteiger partial charge in [-0.1, -0.05) is 11.8 Å². The van der Waals surface area contributed by atoms with Crippen molar-refractivity contribution in [3.05, 3.63) is 6.33 Å². The summed E-state index contributed by atoms with van der Waals surface area (Å²) >= 11 is 1.41. The zero-order chi connectivity index (χ0) is 11.8. The van der Waals surface area contributed by atoms with Crippen LogP contribution in [0.15, 0.2) is 11.5 Å². The fourth-order valence-corrected chi connectivity index (χ4v) is 1.73. The SMILES string of the molecule is COCC(C)OCC(O)CSc1ncn[nH]1. The standard InChI is InChI=1S/C9H17N3O3S/c1-7(3-14-2)15-4-8(13)5-16-9-10-6-11-12-9/h6-8,13H,3-5H2,1-2H3,(H,10,11,12). The van der Waals surface area contributed by atoms with Gasteiger partial charge in [0.15, 0.2) is 5.16 Å². The first-order valence-corrected chi connectivity index (χ1v) is 5.97. The Balaban J connectivity index is 2.09. The van der Waals surface area contributed by atoms with Gasteiger partial charge < -0.3 is 14.6 Å². The summed E-state index contributed by atoms with van der Waals surface area (Å²) in [5, 5.41) is 16.7. The molecule has 7 heteroatoms. The molecule has 1 aromatic rings. The van der Waals surface area contributed by atoms with Crippen LogP contribution in [0.25, 0.3) is 0 Å². The number of nitrogens with one attached hydrogen (secondary N) is 1. The van der Waals surface area contributed by atoms with Crippen LogP contribution in [0.2, 0.25) is 0 Å². The van der Waals surface area contributed by atoms with E-state index in [0.29, 0.717) is 24.1 Å². The monoisotopic (exact) mass is 247 g/mol. The molecule has 1 heterocycles. The number of H-pyrrole nitrogens is 1. The molecule has 16 heavy (non-hydrogen) atoms. The molecule has 0 aromatic carbocycles. The molecule has 2 N–H and O–H groups in total. The van der Waals surface area contributed by atoms with Gasteiger partial charge in [0.1, 0.15) is 6.33 Å². The fraction of sp³-hybridized carbons (Fsp3) is 0.778. The molecule has 0 saturated carbocycles. The fourth-order valence-electron chi connectivity index (χ4n) is 1.05. The highest BCUT2D eigenvalue weighted by Crippen LogP contribution is 2.12. The van der Waals surface area contributed by atoms with Crippen LogP contribution < -0.4 is 0 Å². The van der Waals surface area contributed by atoms with Gasteiger partial charge in [0, 0.05) is 12.9 Å². The van der Waals surface area contributed by atoms with E-state index in [-0.39, 0.29) is 6.10 Å². The highest BCUT2D eigenvalue weighted by Gasteiger charge is 2.09. The minimum Gasteiger partial charge on any atom is -0.390 e. The van der Waals surface area contributed by atoms with Crippen LogP contribution in [0.5, 0.6) is 0 Å². The van der Waals surface area contributed by atoms with Crippen molar-refractivity contribution in [1.29, 1.82) is 0 Å². The molecular weight excluding hydrogens is 230 g/mol. The lowest BCUT2D eigenvalue weighted by Crippen LogP contribution is -2.24. The Morgan fingerprint density at radius 3 is 3.00 bits per heavy atom. The molecule has 0 bridgehead atoms. The zero-order valence-electron chi connectivity index (χ0n) is 9.42. The molecule has 0 aliphatic carbocycles. The third kappa shape index (κ3) is 5.45. The van der Waals surface area contributed by atoms with Crippen LogP contribution in [0, 0.1) is 0 Å². The summed E-state index contributed by atoms with van der Waals surface area (Å²) in [7, 11) is 1.62. The smallest absolute Gasteiger partial charge is 0.183 e. The van der Waals surface area contributed by atoms with Gasteiger partial charge >= 0.3 is 0 Å².